The van der Waals surface area contributed by atoms with E-state index >= 15 is 0 Å². The number of hydrogen-bond donors (Lipinski definition) is 3. The van der Waals surface area contributed by atoms with Crippen LogP contribution in [0.15, 0.2) is 18.3 Å². The van der Waals surface area contributed by atoms with Gasteiger partial charge in [0.15, 0.2) is 0 Å². The number of aromatic nitrogens is 1. The Labute approximate surface area is 129 Å². The molecule has 2 atom stereocenters. The van der Waals surface area contributed by atoms with Gasteiger partial charge in [0.1, 0.15) is 11.4 Å². The zero-order valence-corrected chi connectivity index (χ0v) is 12.0. The Morgan fingerprint density at radius 3 is 2.70 bits per heavy atom. The van der Waals surface area contributed by atoms with Crippen LogP contribution in [0.1, 0.15) is 24.8 Å². The second-order valence-electron chi connectivity index (χ2n) is 5.78. The summed E-state index contributed by atoms with van der Waals surface area (Å²) < 4.78 is 37.5. The number of carbonyl (C=O) groups excluding carboxylic acids is 2. The highest BCUT2D eigenvalue weighted by Crippen LogP contribution is 2.38. The summed E-state index contributed by atoms with van der Waals surface area (Å²) in [6, 6.07) is 1.69. The monoisotopic (exact) mass is 328 g/mol. The molecule has 0 radical (unpaired) electrons. The molecule has 3 amide bonds. The molecule has 2 fully saturated rings. The standard InChI is InChI=1S/C14H15F3N4O2/c15-14(16,17)9-3-4-10(19-7-9)18-6-8-2-1-5-13(8)11(22)20-12(23)21-13/h3-4,7-8H,1-2,5-6H2,(H,18,19)(H2,20,21,22,23)/t8-,13-/m0/s1. The Bertz CT molecular complexity index is 632. The lowest BCUT2D eigenvalue weighted by molar-refractivity contribution is -0.137. The van der Waals surface area contributed by atoms with Crippen molar-refractivity contribution in [3.63, 3.8) is 0 Å². The van der Waals surface area contributed by atoms with E-state index < -0.39 is 23.3 Å². The van der Waals surface area contributed by atoms with E-state index in [1.165, 1.54) is 6.07 Å². The number of nitrogens with one attached hydrogen (secondary N) is 3. The van der Waals surface area contributed by atoms with Crippen LogP contribution in [0.25, 0.3) is 0 Å². The van der Waals surface area contributed by atoms with Crippen molar-refractivity contribution >= 4 is 17.8 Å². The van der Waals surface area contributed by atoms with E-state index in [1.807, 2.05) is 0 Å². The molecule has 2 aliphatic rings. The summed E-state index contributed by atoms with van der Waals surface area (Å²) in [6.07, 6.45) is -1.58. The van der Waals surface area contributed by atoms with Gasteiger partial charge in [0.25, 0.3) is 5.91 Å². The van der Waals surface area contributed by atoms with Gasteiger partial charge in [-0.3, -0.25) is 10.1 Å². The fraction of sp³-hybridized carbons (Fsp3) is 0.500. The lowest BCUT2D eigenvalue weighted by Gasteiger charge is -2.28. The molecule has 124 valence electrons. The van der Waals surface area contributed by atoms with Gasteiger partial charge in [0.2, 0.25) is 0 Å². The molecule has 9 heteroatoms. The van der Waals surface area contributed by atoms with E-state index in [4.69, 9.17) is 0 Å². The van der Waals surface area contributed by atoms with Gasteiger partial charge in [-0.2, -0.15) is 13.2 Å². The molecule has 0 unspecified atom stereocenters. The van der Waals surface area contributed by atoms with E-state index in [0.717, 1.165) is 25.1 Å². The van der Waals surface area contributed by atoms with Crippen molar-refractivity contribution < 1.29 is 22.8 Å². The number of amides is 3. The maximum atomic E-state index is 12.5. The van der Waals surface area contributed by atoms with Gasteiger partial charge in [0, 0.05) is 18.7 Å². The van der Waals surface area contributed by atoms with E-state index in [0.29, 0.717) is 18.8 Å². The van der Waals surface area contributed by atoms with E-state index in [2.05, 4.69) is 20.9 Å². The van der Waals surface area contributed by atoms with Crippen LogP contribution in [0.2, 0.25) is 0 Å². The Hall–Kier alpha value is -2.32. The Kier molecular flexibility index (Phi) is 3.65. The number of hydrogen-bond acceptors (Lipinski definition) is 4. The second kappa shape index (κ2) is 5.39. The van der Waals surface area contributed by atoms with Crippen molar-refractivity contribution in [3.05, 3.63) is 23.9 Å². The van der Waals surface area contributed by atoms with Crippen molar-refractivity contribution in [2.24, 2.45) is 5.92 Å². The number of urea groups is 1. The van der Waals surface area contributed by atoms with Crippen LogP contribution in [-0.2, 0) is 11.0 Å². The summed E-state index contributed by atoms with van der Waals surface area (Å²) in [6.45, 7) is 0.339. The first-order valence-corrected chi connectivity index (χ1v) is 7.22. The van der Waals surface area contributed by atoms with Crippen molar-refractivity contribution in [1.82, 2.24) is 15.6 Å². The minimum absolute atomic E-state index is 0.141. The highest BCUT2D eigenvalue weighted by Gasteiger charge is 2.54. The summed E-state index contributed by atoms with van der Waals surface area (Å²) >= 11 is 0. The van der Waals surface area contributed by atoms with Gasteiger partial charge in [-0.1, -0.05) is 6.42 Å². The molecule has 3 rings (SSSR count). The van der Waals surface area contributed by atoms with Crippen LogP contribution in [0, 0.1) is 5.92 Å². The van der Waals surface area contributed by atoms with Crippen LogP contribution >= 0.6 is 0 Å². The van der Waals surface area contributed by atoms with Crippen LogP contribution in [-0.4, -0.2) is 29.0 Å². The molecule has 0 bridgehead atoms. The average molecular weight is 328 g/mol. The molecule has 1 aliphatic carbocycles. The largest absolute Gasteiger partial charge is 0.417 e. The van der Waals surface area contributed by atoms with Crippen LogP contribution in [0.3, 0.4) is 0 Å². The highest BCUT2D eigenvalue weighted by atomic mass is 19.4. The predicted octanol–water partition coefficient (Wildman–Crippen LogP) is 1.89. The molecule has 1 spiro atoms. The number of rotatable bonds is 3. The van der Waals surface area contributed by atoms with Gasteiger partial charge >= 0.3 is 12.2 Å². The van der Waals surface area contributed by atoms with E-state index in [1.54, 1.807) is 0 Å². The van der Waals surface area contributed by atoms with Gasteiger partial charge in [-0.15, -0.1) is 0 Å². The normalized spacial score (nSPS) is 27.2. The Morgan fingerprint density at radius 1 is 1.35 bits per heavy atom. The first-order valence-electron chi connectivity index (χ1n) is 7.22. The third-order valence-corrected chi connectivity index (χ3v) is 4.41. The number of carbonyl (C=O) groups is 2. The molecule has 2 heterocycles. The predicted molar refractivity (Wildman–Crippen MR) is 74.5 cm³/mol. The van der Waals surface area contributed by atoms with Crippen LogP contribution < -0.4 is 16.0 Å². The molecule has 0 aromatic carbocycles. The van der Waals surface area contributed by atoms with Gasteiger partial charge < -0.3 is 10.6 Å². The SMILES string of the molecule is O=C1NC(=O)[C@@]2(CCC[C@H]2CNc2ccc(C(F)(F)F)cn2)N1. The Morgan fingerprint density at radius 2 is 2.13 bits per heavy atom. The fourth-order valence-electron chi connectivity index (χ4n) is 3.22. The van der Waals surface area contributed by atoms with Gasteiger partial charge in [-0.05, 0) is 25.0 Å². The lowest BCUT2D eigenvalue weighted by Crippen LogP contribution is -2.51. The van der Waals surface area contributed by atoms with Crippen molar-refractivity contribution in [1.29, 1.82) is 0 Å². The summed E-state index contributed by atoms with van der Waals surface area (Å²) in [4.78, 5) is 27.1. The van der Waals surface area contributed by atoms with Gasteiger partial charge in [-0.25, -0.2) is 9.78 Å². The third-order valence-electron chi connectivity index (χ3n) is 4.41. The maximum Gasteiger partial charge on any atom is 0.417 e. The molecule has 1 aromatic rings. The molecule has 1 saturated heterocycles. The maximum absolute atomic E-state index is 12.5. The minimum atomic E-state index is -4.42. The number of halogens is 3. The number of imide groups is 1. The Balaban J connectivity index is 1.66. The van der Waals surface area contributed by atoms with Crippen LogP contribution in [0.4, 0.5) is 23.8 Å². The molecule has 23 heavy (non-hydrogen) atoms. The van der Waals surface area contributed by atoms with Crippen molar-refractivity contribution in [2.75, 3.05) is 11.9 Å². The number of alkyl halides is 3. The zero-order chi connectivity index (χ0) is 16.7. The molecular formula is C14H15F3N4O2. The third kappa shape index (κ3) is 2.82. The minimum Gasteiger partial charge on any atom is -0.370 e. The molecule has 1 aliphatic heterocycles. The molecule has 1 saturated carbocycles. The summed E-state index contributed by atoms with van der Waals surface area (Å²) in [5.41, 5.74) is -1.74. The average Bonchev–Trinajstić information content (AvgIpc) is 3.00. The number of pyridine rings is 1. The first kappa shape index (κ1) is 15.6. The van der Waals surface area contributed by atoms with E-state index in [-0.39, 0.29) is 11.8 Å². The number of anilines is 1. The molecule has 1 aromatic heterocycles. The summed E-state index contributed by atoms with van der Waals surface area (Å²) in [5, 5.41) is 7.87. The lowest BCUT2D eigenvalue weighted by atomic mass is 9.87. The fourth-order valence-corrected chi connectivity index (χ4v) is 3.22. The zero-order valence-electron chi connectivity index (χ0n) is 12.0. The van der Waals surface area contributed by atoms with Crippen LogP contribution in [0.5, 0.6) is 0 Å². The second-order valence-corrected chi connectivity index (χ2v) is 5.78. The smallest absolute Gasteiger partial charge is 0.370 e. The number of nitrogens with zero attached hydrogens (tertiary/aromatic N) is 1. The highest BCUT2D eigenvalue weighted by molar-refractivity contribution is 6.07. The summed E-state index contributed by atoms with van der Waals surface area (Å²) in [7, 11) is 0. The van der Waals surface area contributed by atoms with Crippen molar-refractivity contribution in [3.8, 4) is 0 Å². The first-order chi connectivity index (χ1) is 10.8. The molecule has 3 N–H and O–H groups in total. The van der Waals surface area contributed by atoms with Gasteiger partial charge in [0.05, 0.1) is 5.56 Å². The van der Waals surface area contributed by atoms with Crippen molar-refractivity contribution in [2.45, 2.75) is 31.0 Å². The molecular weight excluding hydrogens is 313 g/mol. The topological polar surface area (TPSA) is 83.1 Å². The quantitative estimate of drug-likeness (QED) is 0.740. The van der Waals surface area contributed by atoms with E-state index in [9.17, 15) is 22.8 Å². The summed E-state index contributed by atoms with van der Waals surface area (Å²) in [5.74, 6) is -0.185. The molecule has 6 nitrogen and oxygen atoms in total.